The average molecular weight is 269 g/mol. The Bertz CT molecular complexity index is 713. The SMILES string of the molecule is O=C1c2nc3ccccn3c2C(=O)N1C1CCCCC1. The van der Waals surface area contributed by atoms with Gasteiger partial charge in [0.1, 0.15) is 11.3 Å². The quantitative estimate of drug-likeness (QED) is 0.746. The highest BCUT2D eigenvalue weighted by molar-refractivity contribution is 6.20. The molecule has 3 heterocycles. The number of pyridine rings is 1. The standard InChI is InChI=1S/C15H15N3O2/c19-14-12-13(17-9-5-4-8-11(17)16-12)15(20)18(14)10-6-2-1-3-7-10/h4-5,8-10H,1-3,6-7H2. The molecule has 2 aromatic heterocycles. The lowest BCUT2D eigenvalue weighted by atomic mass is 9.94. The minimum absolute atomic E-state index is 0.0531. The normalized spacial score (nSPS) is 19.9. The third kappa shape index (κ3) is 1.46. The van der Waals surface area contributed by atoms with Gasteiger partial charge in [-0.2, -0.15) is 0 Å². The summed E-state index contributed by atoms with van der Waals surface area (Å²) < 4.78 is 1.72. The number of carbonyl (C=O) groups is 2. The lowest BCUT2D eigenvalue weighted by Gasteiger charge is -2.29. The molecule has 0 N–H and O–H groups in total. The van der Waals surface area contributed by atoms with Crippen molar-refractivity contribution in [2.45, 2.75) is 38.1 Å². The van der Waals surface area contributed by atoms with Crippen molar-refractivity contribution in [2.24, 2.45) is 0 Å². The van der Waals surface area contributed by atoms with Gasteiger partial charge in [0.2, 0.25) is 0 Å². The molecule has 0 radical (unpaired) electrons. The number of imidazole rings is 1. The molecule has 2 aromatic rings. The Morgan fingerprint density at radius 1 is 1.05 bits per heavy atom. The maximum atomic E-state index is 12.6. The smallest absolute Gasteiger partial charge is 0.282 e. The van der Waals surface area contributed by atoms with Crippen molar-refractivity contribution in [3.63, 3.8) is 0 Å². The number of hydrogen-bond donors (Lipinski definition) is 0. The maximum absolute atomic E-state index is 12.6. The van der Waals surface area contributed by atoms with Crippen molar-refractivity contribution >= 4 is 17.5 Å². The van der Waals surface area contributed by atoms with Crippen LogP contribution < -0.4 is 0 Å². The first kappa shape index (κ1) is 11.6. The first-order valence-corrected chi connectivity index (χ1v) is 7.12. The van der Waals surface area contributed by atoms with E-state index in [1.54, 1.807) is 10.6 Å². The molecule has 0 unspecified atom stereocenters. The predicted molar refractivity (Wildman–Crippen MR) is 72.6 cm³/mol. The van der Waals surface area contributed by atoms with Gasteiger partial charge < -0.3 is 0 Å². The molecule has 1 aliphatic heterocycles. The Balaban J connectivity index is 1.80. The Morgan fingerprint density at radius 3 is 2.65 bits per heavy atom. The van der Waals surface area contributed by atoms with Gasteiger partial charge in [-0.1, -0.05) is 25.3 Å². The molecule has 2 aliphatic rings. The molecule has 20 heavy (non-hydrogen) atoms. The van der Waals surface area contributed by atoms with Gasteiger partial charge in [0, 0.05) is 12.2 Å². The molecule has 1 fully saturated rings. The Kier molecular flexibility index (Phi) is 2.42. The lowest BCUT2D eigenvalue weighted by molar-refractivity contribution is 0.0543. The zero-order chi connectivity index (χ0) is 13.7. The van der Waals surface area contributed by atoms with Crippen molar-refractivity contribution in [1.29, 1.82) is 0 Å². The fourth-order valence-corrected chi connectivity index (χ4v) is 3.34. The number of hydrogen-bond acceptors (Lipinski definition) is 3. The highest BCUT2D eigenvalue weighted by Crippen LogP contribution is 2.31. The van der Waals surface area contributed by atoms with E-state index in [9.17, 15) is 9.59 Å². The third-order valence-electron chi connectivity index (χ3n) is 4.31. The van der Waals surface area contributed by atoms with Gasteiger partial charge in [-0.3, -0.25) is 18.9 Å². The summed E-state index contributed by atoms with van der Waals surface area (Å²) in [4.78, 5) is 30.9. The van der Waals surface area contributed by atoms with Crippen LogP contribution in [0.15, 0.2) is 24.4 Å². The van der Waals surface area contributed by atoms with E-state index in [-0.39, 0.29) is 17.9 Å². The van der Waals surface area contributed by atoms with E-state index >= 15 is 0 Å². The summed E-state index contributed by atoms with van der Waals surface area (Å²) in [5.74, 6) is -0.406. The number of aromatic nitrogens is 2. The number of imide groups is 1. The molecule has 0 spiro atoms. The summed E-state index contributed by atoms with van der Waals surface area (Å²) in [6.07, 6.45) is 7.01. The van der Waals surface area contributed by atoms with Crippen LogP contribution in [0.5, 0.6) is 0 Å². The molecule has 0 saturated heterocycles. The minimum Gasteiger partial charge on any atom is -0.295 e. The molecule has 1 aliphatic carbocycles. The lowest BCUT2D eigenvalue weighted by Crippen LogP contribution is -2.41. The highest BCUT2D eigenvalue weighted by atomic mass is 16.2. The first-order valence-electron chi connectivity index (χ1n) is 7.12. The van der Waals surface area contributed by atoms with E-state index in [4.69, 9.17) is 0 Å². The Labute approximate surface area is 116 Å². The Morgan fingerprint density at radius 2 is 1.85 bits per heavy atom. The highest BCUT2D eigenvalue weighted by Gasteiger charge is 2.43. The van der Waals surface area contributed by atoms with Crippen LogP contribution in [0.25, 0.3) is 5.65 Å². The van der Waals surface area contributed by atoms with Crippen LogP contribution in [-0.2, 0) is 0 Å². The minimum atomic E-state index is -0.222. The van der Waals surface area contributed by atoms with E-state index < -0.39 is 0 Å². The zero-order valence-electron chi connectivity index (χ0n) is 11.1. The molecule has 4 rings (SSSR count). The van der Waals surface area contributed by atoms with Gasteiger partial charge >= 0.3 is 0 Å². The summed E-state index contributed by atoms with van der Waals surface area (Å²) in [7, 11) is 0. The molecule has 1 saturated carbocycles. The number of nitrogens with zero attached hydrogens (tertiary/aromatic N) is 3. The van der Waals surface area contributed by atoms with E-state index in [1.807, 2.05) is 18.2 Å². The molecule has 0 bridgehead atoms. The molecule has 5 nitrogen and oxygen atoms in total. The largest absolute Gasteiger partial charge is 0.295 e. The number of fused-ring (bicyclic) bond motifs is 3. The molecule has 102 valence electrons. The summed E-state index contributed by atoms with van der Waals surface area (Å²) in [6, 6.07) is 5.56. The van der Waals surface area contributed by atoms with Crippen molar-refractivity contribution in [1.82, 2.24) is 14.3 Å². The van der Waals surface area contributed by atoms with Crippen LogP contribution in [0, 0.1) is 0 Å². The van der Waals surface area contributed by atoms with Crippen LogP contribution in [0.1, 0.15) is 53.1 Å². The van der Waals surface area contributed by atoms with Crippen molar-refractivity contribution < 1.29 is 9.59 Å². The van der Waals surface area contributed by atoms with Gasteiger partial charge in [0.15, 0.2) is 5.69 Å². The molecule has 2 amide bonds. The molecule has 0 aromatic carbocycles. The van der Waals surface area contributed by atoms with Crippen LogP contribution in [0.4, 0.5) is 0 Å². The van der Waals surface area contributed by atoms with Crippen LogP contribution in [0.2, 0.25) is 0 Å². The van der Waals surface area contributed by atoms with Crippen molar-refractivity contribution in [3.05, 3.63) is 35.8 Å². The second-order valence-electron chi connectivity index (χ2n) is 5.51. The fourth-order valence-electron chi connectivity index (χ4n) is 3.34. The van der Waals surface area contributed by atoms with E-state index in [0.29, 0.717) is 17.0 Å². The van der Waals surface area contributed by atoms with Crippen molar-refractivity contribution in [2.75, 3.05) is 0 Å². The second-order valence-corrected chi connectivity index (χ2v) is 5.51. The maximum Gasteiger partial charge on any atom is 0.282 e. The van der Waals surface area contributed by atoms with Crippen LogP contribution >= 0.6 is 0 Å². The summed E-state index contributed by atoms with van der Waals surface area (Å²) in [5, 5.41) is 0. The first-order chi connectivity index (χ1) is 9.77. The van der Waals surface area contributed by atoms with E-state index in [1.165, 1.54) is 11.3 Å². The van der Waals surface area contributed by atoms with Gasteiger partial charge in [0.05, 0.1) is 0 Å². The predicted octanol–water partition coefficient (Wildman–Crippen LogP) is 2.26. The van der Waals surface area contributed by atoms with Gasteiger partial charge in [0.25, 0.3) is 11.8 Å². The average Bonchev–Trinajstić information content (AvgIpc) is 2.97. The number of amides is 2. The zero-order valence-corrected chi connectivity index (χ0v) is 11.1. The second kappa shape index (κ2) is 4.16. The molecule has 0 atom stereocenters. The third-order valence-corrected chi connectivity index (χ3v) is 4.31. The monoisotopic (exact) mass is 269 g/mol. The topological polar surface area (TPSA) is 54.7 Å². The van der Waals surface area contributed by atoms with Crippen molar-refractivity contribution in [3.8, 4) is 0 Å². The molecular weight excluding hydrogens is 254 g/mol. The van der Waals surface area contributed by atoms with Gasteiger partial charge in [-0.25, -0.2) is 4.98 Å². The summed E-state index contributed by atoms with van der Waals surface area (Å²) in [6.45, 7) is 0. The van der Waals surface area contributed by atoms with Gasteiger partial charge in [-0.05, 0) is 25.0 Å². The van der Waals surface area contributed by atoms with E-state index in [0.717, 1.165) is 25.7 Å². The fraction of sp³-hybridized carbons (Fsp3) is 0.400. The molecule has 5 heteroatoms. The van der Waals surface area contributed by atoms with Crippen LogP contribution in [-0.4, -0.2) is 32.1 Å². The number of carbonyl (C=O) groups excluding carboxylic acids is 2. The summed E-state index contributed by atoms with van der Waals surface area (Å²) >= 11 is 0. The molecular formula is C15H15N3O2. The van der Waals surface area contributed by atoms with E-state index in [2.05, 4.69) is 4.98 Å². The van der Waals surface area contributed by atoms with Gasteiger partial charge in [-0.15, -0.1) is 0 Å². The van der Waals surface area contributed by atoms with Crippen LogP contribution in [0.3, 0.4) is 0 Å². The summed E-state index contributed by atoms with van der Waals surface area (Å²) in [5.41, 5.74) is 1.39. The number of rotatable bonds is 1. The Hall–Kier alpha value is -2.17.